The van der Waals surface area contributed by atoms with Crippen LogP contribution < -0.4 is 0 Å². The number of H-pyrrole nitrogens is 1. The van der Waals surface area contributed by atoms with Gasteiger partial charge in [0.05, 0.1) is 11.1 Å². The average Bonchev–Trinajstić information content (AvgIpc) is 2.80. The van der Waals surface area contributed by atoms with E-state index in [1.54, 1.807) is 18.3 Å². The second kappa shape index (κ2) is 4.37. The van der Waals surface area contributed by atoms with E-state index in [0.29, 0.717) is 11.3 Å². The number of hydrogen-bond donors (Lipinski definition) is 3. The first-order valence-electron chi connectivity index (χ1n) is 5.26. The number of rotatable bonds is 3. The van der Waals surface area contributed by atoms with Gasteiger partial charge in [0.25, 0.3) is 0 Å². The molecule has 3 N–H and O–H groups in total. The number of nitrogens with one attached hydrogen (secondary N) is 1. The van der Waals surface area contributed by atoms with Crippen molar-refractivity contribution in [2.45, 2.75) is 6.92 Å². The number of aromatic carboxylic acids is 2. The van der Waals surface area contributed by atoms with Gasteiger partial charge < -0.3 is 15.2 Å². The lowest BCUT2D eigenvalue weighted by molar-refractivity contribution is 0.0696. The van der Waals surface area contributed by atoms with E-state index in [1.165, 1.54) is 19.1 Å². The van der Waals surface area contributed by atoms with Gasteiger partial charge in [-0.2, -0.15) is 0 Å². The minimum Gasteiger partial charge on any atom is -0.478 e. The zero-order valence-corrected chi connectivity index (χ0v) is 9.60. The van der Waals surface area contributed by atoms with Crippen LogP contribution in [0.15, 0.2) is 30.5 Å². The number of aromatic nitrogens is 1. The summed E-state index contributed by atoms with van der Waals surface area (Å²) in [6, 6.07) is 6.41. The summed E-state index contributed by atoms with van der Waals surface area (Å²) < 4.78 is 0. The van der Waals surface area contributed by atoms with Crippen molar-refractivity contribution in [1.29, 1.82) is 0 Å². The number of carboxylic acids is 2. The van der Waals surface area contributed by atoms with Crippen molar-refractivity contribution in [3.8, 4) is 11.3 Å². The fraction of sp³-hybridized carbons (Fsp3) is 0.0769. The first kappa shape index (κ1) is 11.9. The lowest BCUT2D eigenvalue weighted by Gasteiger charge is -2.10. The van der Waals surface area contributed by atoms with Crippen LogP contribution in [0.5, 0.6) is 0 Å². The quantitative estimate of drug-likeness (QED) is 0.774. The van der Waals surface area contributed by atoms with Gasteiger partial charge in [-0.25, -0.2) is 9.59 Å². The minimum atomic E-state index is -1.14. The largest absolute Gasteiger partial charge is 0.478 e. The van der Waals surface area contributed by atoms with E-state index in [2.05, 4.69) is 4.98 Å². The van der Waals surface area contributed by atoms with Gasteiger partial charge in [-0.3, -0.25) is 0 Å². The maximum atomic E-state index is 11.3. The van der Waals surface area contributed by atoms with Crippen LogP contribution in [0, 0.1) is 6.92 Å². The Labute approximate surface area is 103 Å². The number of carbonyl (C=O) groups is 2. The van der Waals surface area contributed by atoms with Crippen LogP contribution in [0.25, 0.3) is 11.3 Å². The van der Waals surface area contributed by atoms with Crippen LogP contribution in [0.3, 0.4) is 0 Å². The van der Waals surface area contributed by atoms with E-state index < -0.39 is 11.9 Å². The van der Waals surface area contributed by atoms with E-state index in [1.807, 2.05) is 0 Å². The smallest absolute Gasteiger partial charge is 0.336 e. The molecule has 0 saturated heterocycles. The standard InChI is InChI=1S/C13H11NO4/c1-7-8(12(15)16)4-5-9(11(7)13(17)18)10-3-2-6-14-10/h2-6,14H,1H3,(H,15,16)(H,17,18). The van der Waals surface area contributed by atoms with Gasteiger partial charge in [0.15, 0.2) is 0 Å². The van der Waals surface area contributed by atoms with E-state index in [0.717, 1.165) is 0 Å². The Bertz CT molecular complexity index is 614. The maximum Gasteiger partial charge on any atom is 0.336 e. The summed E-state index contributed by atoms with van der Waals surface area (Å²) in [5, 5.41) is 18.2. The molecule has 92 valence electrons. The Morgan fingerprint density at radius 2 is 1.83 bits per heavy atom. The molecule has 1 aromatic heterocycles. The molecule has 0 saturated carbocycles. The van der Waals surface area contributed by atoms with Gasteiger partial charge in [0, 0.05) is 17.5 Å². The highest BCUT2D eigenvalue weighted by atomic mass is 16.4. The van der Waals surface area contributed by atoms with E-state index in [-0.39, 0.29) is 16.7 Å². The molecule has 0 radical (unpaired) electrons. The summed E-state index contributed by atoms with van der Waals surface area (Å²) in [6.07, 6.45) is 1.68. The molecule has 0 fully saturated rings. The molecule has 2 aromatic rings. The van der Waals surface area contributed by atoms with Crippen molar-refractivity contribution in [1.82, 2.24) is 4.98 Å². The van der Waals surface area contributed by atoms with Crippen molar-refractivity contribution < 1.29 is 19.8 Å². The first-order valence-corrected chi connectivity index (χ1v) is 5.26. The summed E-state index contributed by atoms with van der Waals surface area (Å²) in [4.78, 5) is 25.2. The van der Waals surface area contributed by atoms with E-state index in [9.17, 15) is 14.7 Å². The van der Waals surface area contributed by atoms with Gasteiger partial charge in [0.2, 0.25) is 0 Å². The fourth-order valence-electron chi connectivity index (χ4n) is 1.94. The molecule has 5 heteroatoms. The van der Waals surface area contributed by atoms with Crippen LogP contribution in [0.1, 0.15) is 26.3 Å². The van der Waals surface area contributed by atoms with Crippen LogP contribution in [0.2, 0.25) is 0 Å². The minimum absolute atomic E-state index is 0.00251. The summed E-state index contributed by atoms with van der Waals surface area (Å²) in [5.74, 6) is -2.27. The van der Waals surface area contributed by atoms with Gasteiger partial charge in [-0.05, 0) is 30.7 Å². The molecule has 0 aliphatic rings. The molecule has 0 bridgehead atoms. The molecule has 5 nitrogen and oxygen atoms in total. The van der Waals surface area contributed by atoms with Crippen molar-refractivity contribution in [2.24, 2.45) is 0 Å². The second-order valence-electron chi connectivity index (χ2n) is 3.85. The van der Waals surface area contributed by atoms with E-state index in [4.69, 9.17) is 5.11 Å². The van der Waals surface area contributed by atoms with Gasteiger partial charge in [-0.15, -0.1) is 0 Å². The third-order valence-electron chi connectivity index (χ3n) is 2.80. The molecular formula is C13H11NO4. The zero-order valence-electron chi connectivity index (χ0n) is 9.60. The normalized spacial score (nSPS) is 10.3. The Morgan fingerprint density at radius 3 is 2.33 bits per heavy atom. The number of hydrogen-bond acceptors (Lipinski definition) is 2. The molecule has 18 heavy (non-hydrogen) atoms. The van der Waals surface area contributed by atoms with Crippen LogP contribution in [0.4, 0.5) is 0 Å². The number of benzene rings is 1. The van der Waals surface area contributed by atoms with Crippen LogP contribution in [-0.4, -0.2) is 27.1 Å². The third-order valence-corrected chi connectivity index (χ3v) is 2.80. The number of aromatic amines is 1. The molecular weight excluding hydrogens is 234 g/mol. The monoisotopic (exact) mass is 245 g/mol. The molecule has 2 rings (SSSR count). The Hall–Kier alpha value is -2.56. The highest BCUT2D eigenvalue weighted by molar-refractivity contribution is 6.01. The predicted octanol–water partition coefficient (Wildman–Crippen LogP) is 2.39. The molecule has 0 aliphatic heterocycles. The zero-order chi connectivity index (χ0) is 13.3. The molecule has 0 spiro atoms. The van der Waals surface area contributed by atoms with Crippen molar-refractivity contribution in [3.05, 3.63) is 47.2 Å². The van der Waals surface area contributed by atoms with Gasteiger partial charge >= 0.3 is 11.9 Å². The third kappa shape index (κ3) is 1.86. The predicted molar refractivity (Wildman–Crippen MR) is 64.9 cm³/mol. The molecule has 0 amide bonds. The van der Waals surface area contributed by atoms with Gasteiger partial charge in [0.1, 0.15) is 0 Å². The lowest BCUT2D eigenvalue weighted by Crippen LogP contribution is -2.09. The maximum absolute atomic E-state index is 11.3. The Kier molecular flexibility index (Phi) is 2.89. The number of carboxylic acid groups (broad SMARTS) is 2. The van der Waals surface area contributed by atoms with Gasteiger partial charge in [-0.1, -0.05) is 6.07 Å². The Balaban J connectivity index is 2.73. The SMILES string of the molecule is Cc1c(C(=O)O)ccc(-c2ccc[nH]2)c1C(=O)O. The summed E-state index contributed by atoms with van der Waals surface area (Å²) in [7, 11) is 0. The van der Waals surface area contributed by atoms with Crippen molar-refractivity contribution in [2.75, 3.05) is 0 Å². The van der Waals surface area contributed by atoms with Crippen molar-refractivity contribution >= 4 is 11.9 Å². The van der Waals surface area contributed by atoms with Crippen molar-refractivity contribution in [3.63, 3.8) is 0 Å². The average molecular weight is 245 g/mol. The topological polar surface area (TPSA) is 90.4 Å². The molecule has 1 heterocycles. The molecule has 0 unspecified atom stereocenters. The van der Waals surface area contributed by atoms with E-state index >= 15 is 0 Å². The second-order valence-corrected chi connectivity index (χ2v) is 3.85. The molecule has 0 aliphatic carbocycles. The molecule has 0 atom stereocenters. The summed E-state index contributed by atoms with van der Waals surface area (Å²) in [5.41, 5.74) is 1.39. The van der Waals surface area contributed by atoms with Crippen LogP contribution in [-0.2, 0) is 0 Å². The highest BCUT2D eigenvalue weighted by Gasteiger charge is 2.20. The van der Waals surface area contributed by atoms with Crippen LogP contribution >= 0.6 is 0 Å². The highest BCUT2D eigenvalue weighted by Crippen LogP contribution is 2.27. The lowest BCUT2D eigenvalue weighted by atomic mass is 9.95. The first-order chi connectivity index (χ1) is 8.52. The fourth-order valence-corrected chi connectivity index (χ4v) is 1.94. The summed E-state index contributed by atoms with van der Waals surface area (Å²) >= 11 is 0. The summed E-state index contributed by atoms with van der Waals surface area (Å²) in [6.45, 7) is 1.50. The Morgan fingerprint density at radius 1 is 1.11 bits per heavy atom. The molecule has 1 aromatic carbocycles.